The number of carbonyl (C=O) groups is 2. The van der Waals surface area contributed by atoms with Crippen molar-refractivity contribution in [1.29, 1.82) is 0 Å². The highest BCUT2D eigenvalue weighted by molar-refractivity contribution is 5.93. The van der Waals surface area contributed by atoms with Gasteiger partial charge in [0.25, 0.3) is 0 Å². The monoisotopic (exact) mass is 300 g/mol. The molecule has 2 amide bonds. The second-order valence-corrected chi connectivity index (χ2v) is 4.64. The lowest BCUT2D eigenvalue weighted by Gasteiger charge is -2.22. The SMILES string of the molecule is COC(=O)[C@@H]1C[C@@H](O)CN1C(=O)Nc1ccc(F)cc1F. The quantitative estimate of drug-likeness (QED) is 0.802. The Morgan fingerprint density at radius 3 is 2.76 bits per heavy atom. The third kappa shape index (κ3) is 3.27. The van der Waals surface area contributed by atoms with Gasteiger partial charge in [-0.3, -0.25) is 0 Å². The molecule has 0 saturated carbocycles. The maximum atomic E-state index is 13.5. The number of nitrogens with one attached hydrogen (secondary N) is 1. The molecule has 21 heavy (non-hydrogen) atoms. The number of carbonyl (C=O) groups excluding carboxylic acids is 2. The van der Waals surface area contributed by atoms with Crippen LogP contribution in [0.4, 0.5) is 19.3 Å². The van der Waals surface area contributed by atoms with Crippen LogP contribution in [0.15, 0.2) is 18.2 Å². The van der Waals surface area contributed by atoms with Crippen LogP contribution in [0, 0.1) is 11.6 Å². The number of urea groups is 1. The van der Waals surface area contributed by atoms with Crippen LogP contribution < -0.4 is 5.32 Å². The molecular weight excluding hydrogens is 286 g/mol. The van der Waals surface area contributed by atoms with Gasteiger partial charge in [-0.2, -0.15) is 0 Å². The number of benzene rings is 1. The second kappa shape index (κ2) is 6.04. The molecule has 1 fully saturated rings. The Morgan fingerprint density at radius 1 is 1.43 bits per heavy atom. The van der Waals surface area contributed by atoms with E-state index in [0.717, 1.165) is 17.0 Å². The largest absolute Gasteiger partial charge is 0.467 e. The predicted octanol–water partition coefficient (Wildman–Crippen LogP) is 1.10. The van der Waals surface area contributed by atoms with Crippen LogP contribution >= 0.6 is 0 Å². The fourth-order valence-electron chi connectivity index (χ4n) is 2.18. The standard InChI is InChI=1S/C13H14F2N2O4/c1-21-12(19)11-5-8(18)6-17(11)13(20)16-10-3-2-7(14)4-9(10)15/h2-4,8,11,18H,5-6H2,1H3,(H,16,20)/t8-,11+/m1/s1. The number of β-amino-alcohol motifs (C(OH)–C–C–N with tert-alkyl or cyclic N) is 1. The average molecular weight is 300 g/mol. The molecule has 0 aliphatic carbocycles. The minimum atomic E-state index is -0.937. The number of hydrogen-bond donors (Lipinski definition) is 2. The first-order valence-corrected chi connectivity index (χ1v) is 6.21. The van der Waals surface area contributed by atoms with Gasteiger partial charge in [0.05, 0.1) is 18.9 Å². The molecule has 1 aliphatic rings. The van der Waals surface area contributed by atoms with E-state index in [0.29, 0.717) is 6.07 Å². The number of nitrogens with zero attached hydrogens (tertiary/aromatic N) is 1. The smallest absolute Gasteiger partial charge is 0.328 e. The van der Waals surface area contributed by atoms with Crippen LogP contribution in [0.25, 0.3) is 0 Å². The van der Waals surface area contributed by atoms with E-state index < -0.39 is 35.8 Å². The van der Waals surface area contributed by atoms with Crippen molar-refractivity contribution < 1.29 is 28.2 Å². The number of rotatable bonds is 2. The average Bonchev–Trinajstić information content (AvgIpc) is 2.83. The van der Waals surface area contributed by atoms with Crippen LogP contribution in [-0.4, -0.2) is 47.8 Å². The van der Waals surface area contributed by atoms with Crippen molar-refractivity contribution in [3.63, 3.8) is 0 Å². The number of hydrogen-bond acceptors (Lipinski definition) is 4. The van der Waals surface area contributed by atoms with Crippen LogP contribution in [0.5, 0.6) is 0 Å². The van der Waals surface area contributed by atoms with Crippen molar-refractivity contribution in [2.75, 3.05) is 19.0 Å². The van der Waals surface area contributed by atoms with Crippen LogP contribution in [-0.2, 0) is 9.53 Å². The van der Waals surface area contributed by atoms with Gasteiger partial charge >= 0.3 is 12.0 Å². The summed E-state index contributed by atoms with van der Waals surface area (Å²) in [6, 6.07) is 0.991. The molecule has 2 rings (SSSR count). The first kappa shape index (κ1) is 15.2. The number of anilines is 1. The number of likely N-dealkylation sites (tertiary alicyclic amines) is 1. The van der Waals surface area contributed by atoms with Crippen molar-refractivity contribution in [1.82, 2.24) is 4.90 Å². The Morgan fingerprint density at radius 2 is 2.14 bits per heavy atom. The molecule has 8 heteroatoms. The predicted molar refractivity (Wildman–Crippen MR) is 68.5 cm³/mol. The second-order valence-electron chi connectivity index (χ2n) is 4.64. The van der Waals surface area contributed by atoms with Gasteiger partial charge in [0.2, 0.25) is 0 Å². The summed E-state index contributed by atoms with van der Waals surface area (Å²) < 4.78 is 30.8. The molecule has 0 bridgehead atoms. The molecular formula is C13H14F2N2O4. The first-order chi connectivity index (χ1) is 9.92. The lowest BCUT2D eigenvalue weighted by atomic mass is 10.2. The van der Waals surface area contributed by atoms with Crippen molar-refractivity contribution in [2.45, 2.75) is 18.6 Å². The minimum absolute atomic E-state index is 0.0476. The van der Waals surface area contributed by atoms with Crippen molar-refractivity contribution >= 4 is 17.7 Å². The summed E-state index contributed by atoms with van der Waals surface area (Å²) in [6.45, 7) is -0.0750. The molecule has 0 radical (unpaired) electrons. The van der Waals surface area contributed by atoms with Gasteiger partial charge in [0, 0.05) is 19.0 Å². The van der Waals surface area contributed by atoms with E-state index >= 15 is 0 Å². The number of esters is 1. The van der Waals surface area contributed by atoms with Gasteiger partial charge in [0.15, 0.2) is 0 Å². The van der Waals surface area contributed by atoms with E-state index in [1.807, 2.05) is 0 Å². The summed E-state index contributed by atoms with van der Waals surface area (Å²) in [4.78, 5) is 24.7. The van der Waals surface area contributed by atoms with Gasteiger partial charge < -0.3 is 20.1 Å². The van der Waals surface area contributed by atoms with Gasteiger partial charge in [0.1, 0.15) is 17.7 Å². The highest BCUT2D eigenvalue weighted by atomic mass is 19.1. The molecule has 2 atom stereocenters. The molecule has 1 saturated heterocycles. The molecule has 0 unspecified atom stereocenters. The Bertz CT molecular complexity index is 567. The van der Waals surface area contributed by atoms with Crippen molar-refractivity contribution in [3.8, 4) is 0 Å². The Hall–Kier alpha value is -2.22. The lowest BCUT2D eigenvalue weighted by molar-refractivity contribution is -0.144. The van der Waals surface area contributed by atoms with E-state index in [4.69, 9.17) is 0 Å². The molecule has 114 valence electrons. The minimum Gasteiger partial charge on any atom is -0.467 e. The number of amides is 2. The molecule has 1 aliphatic heterocycles. The molecule has 0 aromatic heterocycles. The molecule has 0 spiro atoms. The molecule has 1 heterocycles. The number of ether oxygens (including phenoxy) is 1. The summed E-state index contributed by atoms with van der Waals surface area (Å²) in [7, 11) is 1.17. The zero-order chi connectivity index (χ0) is 15.6. The summed E-state index contributed by atoms with van der Waals surface area (Å²) in [5.74, 6) is -2.37. The fraction of sp³-hybridized carbons (Fsp3) is 0.385. The molecule has 1 aromatic rings. The van der Waals surface area contributed by atoms with Crippen molar-refractivity contribution in [3.05, 3.63) is 29.8 Å². The number of aliphatic hydroxyl groups is 1. The fourth-order valence-corrected chi connectivity index (χ4v) is 2.18. The van der Waals surface area contributed by atoms with Gasteiger partial charge in [-0.15, -0.1) is 0 Å². The van der Waals surface area contributed by atoms with Gasteiger partial charge in [-0.05, 0) is 12.1 Å². The number of methoxy groups -OCH3 is 1. The van der Waals surface area contributed by atoms with Gasteiger partial charge in [-0.25, -0.2) is 18.4 Å². The molecule has 1 aromatic carbocycles. The Balaban J connectivity index is 2.13. The molecule has 6 nitrogen and oxygen atoms in total. The number of aliphatic hydroxyl groups excluding tert-OH is 1. The number of halogens is 2. The summed E-state index contributed by atoms with van der Waals surface area (Å²) in [6.07, 6.45) is -0.815. The van der Waals surface area contributed by atoms with E-state index in [1.165, 1.54) is 7.11 Å². The van der Waals surface area contributed by atoms with Crippen LogP contribution in [0.3, 0.4) is 0 Å². The van der Waals surface area contributed by atoms with E-state index in [1.54, 1.807) is 0 Å². The maximum Gasteiger partial charge on any atom is 0.328 e. The normalized spacial score (nSPS) is 21.2. The zero-order valence-electron chi connectivity index (χ0n) is 11.2. The third-order valence-corrected chi connectivity index (χ3v) is 3.19. The highest BCUT2D eigenvalue weighted by Crippen LogP contribution is 2.22. The summed E-state index contributed by atoms with van der Waals surface area (Å²) in [5.41, 5.74) is -0.216. The van der Waals surface area contributed by atoms with E-state index in [-0.39, 0.29) is 18.7 Å². The van der Waals surface area contributed by atoms with Crippen LogP contribution in [0.2, 0.25) is 0 Å². The van der Waals surface area contributed by atoms with E-state index in [9.17, 15) is 23.5 Å². The van der Waals surface area contributed by atoms with Crippen LogP contribution in [0.1, 0.15) is 6.42 Å². The zero-order valence-corrected chi connectivity index (χ0v) is 11.2. The first-order valence-electron chi connectivity index (χ1n) is 6.21. The highest BCUT2D eigenvalue weighted by Gasteiger charge is 2.39. The van der Waals surface area contributed by atoms with Gasteiger partial charge in [-0.1, -0.05) is 0 Å². The lowest BCUT2D eigenvalue weighted by Crippen LogP contribution is -2.43. The molecule has 2 N–H and O–H groups in total. The Kier molecular flexibility index (Phi) is 4.37. The summed E-state index contributed by atoms with van der Waals surface area (Å²) in [5, 5.41) is 11.8. The summed E-state index contributed by atoms with van der Waals surface area (Å²) >= 11 is 0. The third-order valence-electron chi connectivity index (χ3n) is 3.19. The van der Waals surface area contributed by atoms with E-state index in [2.05, 4.69) is 10.1 Å². The maximum absolute atomic E-state index is 13.5. The Labute approximate surface area is 119 Å². The topological polar surface area (TPSA) is 78.9 Å². The van der Waals surface area contributed by atoms with Crippen molar-refractivity contribution in [2.24, 2.45) is 0 Å².